The van der Waals surface area contributed by atoms with E-state index >= 15 is 0 Å². The van der Waals surface area contributed by atoms with E-state index in [2.05, 4.69) is 10.6 Å². The first-order valence-electron chi connectivity index (χ1n) is 9.97. The van der Waals surface area contributed by atoms with Gasteiger partial charge in [-0.1, -0.05) is 36.8 Å². The Morgan fingerprint density at radius 3 is 2.26 bits per heavy atom. The van der Waals surface area contributed by atoms with Crippen LogP contribution in [0.5, 0.6) is 0 Å². The lowest BCUT2D eigenvalue weighted by Crippen LogP contribution is -2.46. The normalized spacial score (nSPS) is 11.4. The van der Waals surface area contributed by atoms with E-state index in [0.29, 0.717) is 23.4 Å². The molecule has 1 heterocycles. The quantitative estimate of drug-likeness (QED) is 0.306. The molecule has 2 aromatic carbocycles. The summed E-state index contributed by atoms with van der Waals surface area (Å²) in [5.74, 6) is -1.15. The fourth-order valence-electron chi connectivity index (χ4n) is 2.81. The molecule has 0 unspecified atom stereocenters. The van der Waals surface area contributed by atoms with Crippen molar-refractivity contribution in [1.82, 2.24) is 5.32 Å². The van der Waals surface area contributed by atoms with Gasteiger partial charge in [-0.05, 0) is 49.7 Å². The third-order valence-electron chi connectivity index (χ3n) is 4.49. The molecule has 0 saturated heterocycles. The number of ether oxygens (including phenoxy) is 1. The highest BCUT2D eigenvalue weighted by Crippen LogP contribution is 2.14. The van der Waals surface area contributed by atoms with Crippen LogP contribution < -0.4 is 10.6 Å². The van der Waals surface area contributed by atoms with Crippen LogP contribution in [0.3, 0.4) is 0 Å². The van der Waals surface area contributed by atoms with Crippen molar-refractivity contribution in [1.29, 1.82) is 0 Å². The lowest BCUT2D eigenvalue weighted by atomic mass is 10.1. The van der Waals surface area contributed by atoms with E-state index in [9.17, 15) is 14.4 Å². The van der Waals surface area contributed by atoms with Crippen molar-refractivity contribution >= 4 is 23.3 Å². The van der Waals surface area contributed by atoms with Gasteiger partial charge in [0.1, 0.15) is 0 Å². The van der Waals surface area contributed by atoms with E-state index in [0.717, 1.165) is 12.0 Å². The molecule has 0 saturated carbocycles. The number of ketones is 1. The van der Waals surface area contributed by atoms with Crippen LogP contribution in [0, 0.1) is 6.92 Å². The zero-order chi connectivity index (χ0) is 22.2. The average Bonchev–Trinajstić information content (AvgIpc) is 3.33. The number of anilines is 1. The number of nitrogens with one attached hydrogen (secondary N) is 2. The average molecular weight is 420 g/mol. The highest BCUT2D eigenvalue weighted by molar-refractivity contribution is 6.04. The smallest absolute Gasteiger partial charge is 0.338 e. The maximum absolute atomic E-state index is 13.1. The summed E-state index contributed by atoms with van der Waals surface area (Å²) in [5.41, 5.74) is 2.42. The van der Waals surface area contributed by atoms with E-state index < -0.39 is 18.0 Å². The van der Waals surface area contributed by atoms with Gasteiger partial charge in [-0.2, -0.15) is 0 Å². The van der Waals surface area contributed by atoms with Gasteiger partial charge in [0.05, 0.1) is 18.4 Å². The highest BCUT2D eigenvalue weighted by atomic mass is 16.5. The molecule has 0 spiro atoms. The Labute approximate surface area is 180 Å². The molecule has 0 aliphatic carbocycles. The van der Waals surface area contributed by atoms with E-state index in [1.807, 2.05) is 26.0 Å². The number of benzene rings is 2. The van der Waals surface area contributed by atoms with Crippen LogP contribution in [0.25, 0.3) is 0 Å². The minimum atomic E-state index is -1.04. The summed E-state index contributed by atoms with van der Waals surface area (Å²) < 4.78 is 10.2. The Balaban J connectivity index is 1.78. The number of amides is 1. The van der Waals surface area contributed by atoms with E-state index in [1.165, 1.54) is 12.3 Å². The molecule has 7 heteroatoms. The molecule has 31 heavy (non-hydrogen) atoms. The summed E-state index contributed by atoms with van der Waals surface area (Å²) in [4.78, 5) is 37.5. The van der Waals surface area contributed by atoms with Crippen molar-refractivity contribution in [2.75, 3.05) is 11.9 Å². The van der Waals surface area contributed by atoms with Gasteiger partial charge >= 0.3 is 5.97 Å². The van der Waals surface area contributed by atoms with Gasteiger partial charge in [0, 0.05) is 11.3 Å². The molecular formula is C24H24N2O5. The number of carbonyl (C=O) groups excluding carboxylic acids is 3. The van der Waals surface area contributed by atoms with Crippen LogP contribution in [0.2, 0.25) is 0 Å². The third kappa shape index (κ3) is 5.82. The lowest BCUT2D eigenvalue weighted by Gasteiger charge is -2.20. The molecule has 1 aromatic heterocycles. The molecule has 7 nitrogen and oxygen atoms in total. The summed E-state index contributed by atoms with van der Waals surface area (Å²) in [7, 11) is 0. The Morgan fingerprint density at radius 2 is 1.65 bits per heavy atom. The Hall–Kier alpha value is -3.87. The van der Waals surface area contributed by atoms with Crippen molar-refractivity contribution in [3.05, 3.63) is 89.4 Å². The molecule has 3 aromatic rings. The van der Waals surface area contributed by atoms with Crippen molar-refractivity contribution in [2.24, 2.45) is 0 Å². The monoisotopic (exact) mass is 420 g/mol. The number of Topliss-reactive ketones (excluding diaryl/α,β-unsaturated/α-hetero) is 1. The molecule has 0 aliphatic rings. The molecule has 1 atom stereocenters. The predicted octanol–water partition coefficient (Wildman–Crippen LogP) is 4.21. The molecule has 0 aliphatic heterocycles. The number of aryl methyl sites for hydroxylation is 1. The van der Waals surface area contributed by atoms with Gasteiger partial charge in [0.2, 0.25) is 5.78 Å². The van der Waals surface area contributed by atoms with E-state index in [1.54, 1.807) is 42.5 Å². The van der Waals surface area contributed by atoms with Crippen molar-refractivity contribution in [2.45, 2.75) is 26.4 Å². The second kappa shape index (κ2) is 10.2. The Kier molecular flexibility index (Phi) is 7.22. The van der Waals surface area contributed by atoms with E-state index in [-0.39, 0.29) is 11.5 Å². The Bertz CT molecular complexity index is 1020. The maximum Gasteiger partial charge on any atom is 0.338 e. The topological polar surface area (TPSA) is 97.6 Å². The van der Waals surface area contributed by atoms with Crippen LogP contribution in [0.1, 0.15) is 50.2 Å². The first-order chi connectivity index (χ1) is 15.0. The number of carbonyl (C=O) groups is 3. The fraction of sp³-hybridized carbons (Fsp3) is 0.208. The highest BCUT2D eigenvalue weighted by Gasteiger charge is 2.24. The molecule has 0 radical (unpaired) electrons. The van der Waals surface area contributed by atoms with Gasteiger partial charge in [0.15, 0.2) is 11.9 Å². The predicted molar refractivity (Wildman–Crippen MR) is 116 cm³/mol. The first-order valence-corrected chi connectivity index (χ1v) is 9.97. The zero-order valence-electron chi connectivity index (χ0n) is 17.4. The van der Waals surface area contributed by atoms with Crippen molar-refractivity contribution in [3.8, 4) is 0 Å². The molecule has 2 N–H and O–H groups in total. The van der Waals surface area contributed by atoms with Crippen molar-refractivity contribution < 1.29 is 23.5 Å². The van der Waals surface area contributed by atoms with Crippen molar-refractivity contribution in [3.63, 3.8) is 0 Å². The molecule has 160 valence electrons. The summed E-state index contributed by atoms with van der Waals surface area (Å²) >= 11 is 0. The molecule has 3 rings (SSSR count). The molecule has 0 bridgehead atoms. The fourth-order valence-corrected chi connectivity index (χ4v) is 2.81. The minimum absolute atomic E-state index is 0.0949. The molecule has 0 fully saturated rings. The molecular weight excluding hydrogens is 396 g/mol. The zero-order valence-corrected chi connectivity index (χ0v) is 17.4. The van der Waals surface area contributed by atoms with Gasteiger partial charge in [-0.3, -0.25) is 9.59 Å². The summed E-state index contributed by atoms with van der Waals surface area (Å²) in [6.45, 7) is 4.20. The lowest BCUT2D eigenvalue weighted by molar-refractivity contribution is 0.0505. The number of esters is 1. The summed E-state index contributed by atoms with van der Waals surface area (Å²) in [5, 5.41) is 5.68. The number of furan rings is 1. The van der Waals surface area contributed by atoms with Gasteiger partial charge < -0.3 is 19.8 Å². The Morgan fingerprint density at radius 1 is 0.968 bits per heavy atom. The SMILES string of the molecule is CCCOC(=O)c1ccc(N[C@H](NC(=O)c2ccco2)C(=O)c2ccc(C)cc2)cc1. The number of hydrogen-bond acceptors (Lipinski definition) is 6. The van der Waals surface area contributed by atoms with Crippen LogP contribution in [-0.2, 0) is 4.74 Å². The van der Waals surface area contributed by atoms with Crippen LogP contribution >= 0.6 is 0 Å². The van der Waals surface area contributed by atoms with Gasteiger partial charge in [0.25, 0.3) is 5.91 Å². The third-order valence-corrected chi connectivity index (χ3v) is 4.49. The van der Waals surface area contributed by atoms with Gasteiger partial charge in [-0.25, -0.2) is 4.79 Å². The summed E-state index contributed by atoms with van der Waals surface area (Å²) in [6.07, 6.45) is 1.08. The van der Waals surface area contributed by atoms with Crippen LogP contribution in [0.4, 0.5) is 5.69 Å². The number of rotatable bonds is 9. The first kappa shape index (κ1) is 21.8. The summed E-state index contributed by atoms with van der Waals surface area (Å²) in [6, 6.07) is 16.7. The van der Waals surface area contributed by atoms with E-state index in [4.69, 9.17) is 9.15 Å². The standard InChI is InChI=1S/C24H24N2O5/c1-3-14-31-24(29)18-10-12-19(13-11-18)25-22(26-23(28)20-5-4-15-30-20)21(27)17-8-6-16(2)7-9-17/h4-13,15,22,25H,3,14H2,1-2H3,(H,26,28)/t22-/m1/s1. The minimum Gasteiger partial charge on any atom is -0.462 e. The van der Waals surface area contributed by atoms with Crippen LogP contribution in [-0.4, -0.2) is 30.4 Å². The number of hydrogen-bond donors (Lipinski definition) is 2. The van der Waals surface area contributed by atoms with Gasteiger partial charge in [-0.15, -0.1) is 0 Å². The second-order valence-electron chi connectivity index (χ2n) is 6.97. The second-order valence-corrected chi connectivity index (χ2v) is 6.97. The maximum atomic E-state index is 13.1. The largest absolute Gasteiger partial charge is 0.462 e. The molecule has 1 amide bonds. The van der Waals surface area contributed by atoms with Crippen LogP contribution in [0.15, 0.2) is 71.3 Å².